The average Bonchev–Trinajstić information content (AvgIpc) is 2.48. The molecule has 0 saturated carbocycles. The molecule has 2 N–H and O–H groups in total. The smallest absolute Gasteiger partial charge is 0.224 e. The van der Waals surface area contributed by atoms with E-state index in [1.807, 2.05) is 30.5 Å². The van der Waals surface area contributed by atoms with E-state index in [-0.39, 0.29) is 5.91 Å². The molecule has 1 aliphatic rings. The molecule has 0 radical (unpaired) electrons. The van der Waals surface area contributed by atoms with Gasteiger partial charge in [0.15, 0.2) is 0 Å². The van der Waals surface area contributed by atoms with Gasteiger partial charge in [-0.3, -0.25) is 9.78 Å². The zero-order valence-corrected chi connectivity index (χ0v) is 11.4. The number of nitrogens with zero attached hydrogens (tertiary/aromatic N) is 1. The topological polar surface area (TPSA) is 54.0 Å². The second kappa shape index (κ2) is 6.01. The fourth-order valence-electron chi connectivity index (χ4n) is 2.79. The Kier molecular flexibility index (Phi) is 3.92. The van der Waals surface area contributed by atoms with E-state index in [4.69, 9.17) is 0 Å². The molecule has 1 saturated heterocycles. The lowest BCUT2D eigenvalue weighted by Crippen LogP contribution is -2.32. The molecule has 2 heterocycles. The van der Waals surface area contributed by atoms with Gasteiger partial charge in [0.2, 0.25) is 5.91 Å². The van der Waals surface area contributed by atoms with Crippen LogP contribution < -0.4 is 10.6 Å². The maximum Gasteiger partial charge on any atom is 0.224 e. The predicted octanol–water partition coefficient (Wildman–Crippen LogP) is 2.56. The third-order valence-electron chi connectivity index (χ3n) is 3.83. The van der Waals surface area contributed by atoms with E-state index < -0.39 is 0 Å². The Morgan fingerprint density at radius 3 is 3.20 bits per heavy atom. The summed E-state index contributed by atoms with van der Waals surface area (Å²) in [4.78, 5) is 16.3. The van der Waals surface area contributed by atoms with Gasteiger partial charge in [0.05, 0.1) is 0 Å². The molecule has 1 fully saturated rings. The van der Waals surface area contributed by atoms with Crippen LogP contribution >= 0.6 is 0 Å². The molecule has 4 nitrogen and oxygen atoms in total. The summed E-state index contributed by atoms with van der Waals surface area (Å²) in [6.07, 6.45) is 6.46. The molecule has 1 amide bonds. The van der Waals surface area contributed by atoms with Gasteiger partial charge in [-0.1, -0.05) is 12.1 Å². The highest BCUT2D eigenvalue weighted by Crippen LogP contribution is 2.23. The Morgan fingerprint density at radius 1 is 1.40 bits per heavy atom. The number of hydrogen-bond acceptors (Lipinski definition) is 3. The van der Waals surface area contributed by atoms with E-state index in [1.165, 1.54) is 0 Å². The predicted molar refractivity (Wildman–Crippen MR) is 80.6 cm³/mol. The Bertz CT molecular complexity index is 600. The quantitative estimate of drug-likeness (QED) is 0.900. The molecule has 0 aliphatic carbocycles. The van der Waals surface area contributed by atoms with Crippen molar-refractivity contribution in [2.45, 2.75) is 19.3 Å². The molecule has 4 heteroatoms. The molecule has 0 spiro atoms. The van der Waals surface area contributed by atoms with Crippen LogP contribution in [0, 0.1) is 5.92 Å². The van der Waals surface area contributed by atoms with E-state index in [9.17, 15) is 4.79 Å². The molecule has 3 rings (SSSR count). The zero-order valence-electron chi connectivity index (χ0n) is 11.4. The van der Waals surface area contributed by atoms with E-state index in [0.717, 1.165) is 42.4 Å². The van der Waals surface area contributed by atoms with Crippen LogP contribution in [-0.2, 0) is 4.79 Å². The number of hydrogen-bond donors (Lipinski definition) is 2. The molecular weight excluding hydrogens is 250 g/mol. The summed E-state index contributed by atoms with van der Waals surface area (Å²) in [5, 5.41) is 8.47. The van der Waals surface area contributed by atoms with Gasteiger partial charge in [0, 0.05) is 35.3 Å². The van der Waals surface area contributed by atoms with Gasteiger partial charge < -0.3 is 10.6 Å². The fraction of sp³-hybridized carbons (Fsp3) is 0.375. The third-order valence-corrected chi connectivity index (χ3v) is 3.83. The summed E-state index contributed by atoms with van der Waals surface area (Å²) in [5.41, 5.74) is 0.874. The van der Waals surface area contributed by atoms with Crippen LogP contribution in [0.3, 0.4) is 0 Å². The Labute approximate surface area is 118 Å². The molecule has 1 unspecified atom stereocenters. The summed E-state index contributed by atoms with van der Waals surface area (Å²) in [5.74, 6) is 0.559. The Balaban J connectivity index is 1.71. The molecule has 104 valence electrons. The highest BCUT2D eigenvalue weighted by molar-refractivity contribution is 6.01. The second-order valence-electron chi connectivity index (χ2n) is 5.37. The van der Waals surface area contributed by atoms with Gasteiger partial charge in [0.1, 0.15) is 0 Å². The van der Waals surface area contributed by atoms with Crippen LogP contribution in [-0.4, -0.2) is 24.0 Å². The van der Waals surface area contributed by atoms with Gasteiger partial charge >= 0.3 is 0 Å². The normalized spacial score (nSPS) is 18.9. The average molecular weight is 269 g/mol. The third kappa shape index (κ3) is 2.96. The Hall–Kier alpha value is -1.94. The summed E-state index contributed by atoms with van der Waals surface area (Å²) < 4.78 is 0. The van der Waals surface area contributed by atoms with Crippen LogP contribution in [0.5, 0.6) is 0 Å². The summed E-state index contributed by atoms with van der Waals surface area (Å²) in [7, 11) is 0. The lowest BCUT2D eigenvalue weighted by atomic mass is 9.96. The lowest BCUT2D eigenvalue weighted by Gasteiger charge is -2.22. The minimum Gasteiger partial charge on any atom is -0.326 e. The van der Waals surface area contributed by atoms with Gasteiger partial charge in [0.25, 0.3) is 0 Å². The van der Waals surface area contributed by atoms with E-state index in [1.54, 1.807) is 6.20 Å². The first-order valence-corrected chi connectivity index (χ1v) is 7.16. The highest BCUT2D eigenvalue weighted by Gasteiger charge is 2.17. The SMILES string of the molecule is O=C(CC1CCCNC1)Nc1cccc2cnccc12. The lowest BCUT2D eigenvalue weighted by molar-refractivity contribution is -0.117. The summed E-state index contributed by atoms with van der Waals surface area (Å²) in [6.45, 7) is 2.03. The number of aromatic nitrogens is 1. The summed E-state index contributed by atoms with van der Waals surface area (Å²) in [6, 6.07) is 7.83. The molecular formula is C16H19N3O. The fourth-order valence-corrected chi connectivity index (χ4v) is 2.79. The molecule has 1 aromatic carbocycles. The standard InChI is InChI=1S/C16H19N3O/c20-16(9-12-3-2-7-17-10-12)19-15-5-1-4-13-11-18-8-6-14(13)15/h1,4-6,8,11-12,17H,2-3,7,9-10H2,(H,19,20). The number of carbonyl (C=O) groups excluding carboxylic acids is 1. The first-order valence-electron chi connectivity index (χ1n) is 7.16. The number of piperidine rings is 1. The van der Waals surface area contributed by atoms with Crippen LogP contribution in [0.15, 0.2) is 36.7 Å². The summed E-state index contributed by atoms with van der Waals surface area (Å²) >= 11 is 0. The maximum atomic E-state index is 12.2. The van der Waals surface area contributed by atoms with Crippen molar-refractivity contribution < 1.29 is 4.79 Å². The van der Waals surface area contributed by atoms with Gasteiger partial charge in [-0.25, -0.2) is 0 Å². The first kappa shape index (κ1) is 13.1. The number of carbonyl (C=O) groups is 1. The number of pyridine rings is 1. The van der Waals surface area contributed by atoms with Crippen LogP contribution in [0.1, 0.15) is 19.3 Å². The van der Waals surface area contributed by atoms with Gasteiger partial charge in [-0.15, -0.1) is 0 Å². The molecule has 1 aromatic heterocycles. The van der Waals surface area contributed by atoms with Crippen molar-refractivity contribution in [2.24, 2.45) is 5.92 Å². The van der Waals surface area contributed by atoms with Crippen LogP contribution in [0.4, 0.5) is 5.69 Å². The molecule has 2 aromatic rings. The first-order chi connectivity index (χ1) is 9.83. The largest absolute Gasteiger partial charge is 0.326 e. The van der Waals surface area contributed by atoms with Gasteiger partial charge in [-0.2, -0.15) is 0 Å². The second-order valence-corrected chi connectivity index (χ2v) is 5.37. The number of fused-ring (bicyclic) bond motifs is 1. The molecule has 1 atom stereocenters. The number of benzene rings is 1. The van der Waals surface area contributed by atoms with Crippen molar-refractivity contribution in [1.82, 2.24) is 10.3 Å². The molecule has 1 aliphatic heterocycles. The highest BCUT2D eigenvalue weighted by atomic mass is 16.1. The van der Waals surface area contributed by atoms with Crippen LogP contribution in [0.25, 0.3) is 10.8 Å². The minimum atomic E-state index is 0.100. The van der Waals surface area contributed by atoms with Gasteiger partial charge in [-0.05, 0) is 44.0 Å². The van der Waals surface area contributed by atoms with E-state index >= 15 is 0 Å². The zero-order chi connectivity index (χ0) is 13.8. The number of rotatable bonds is 3. The van der Waals surface area contributed by atoms with Crippen molar-refractivity contribution in [3.05, 3.63) is 36.7 Å². The minimum absolute atomic E-state index is 0.100. The van der Waals surface area contributed by atoms with E-state index in [0.29, 0.717) is 12.3 Å². The number of anilines is 1. The van der Waals surface area contributed by atoms with Crippen molar-refractivity contribution in [3.63, 3.8) is 0 Å². The van der Waals surface area contributed by atoms with Crippen molar-refractivity contribution in [3.8, 4) is 0 Å². The van der Waals surface area contributed by atoms with Crippen LogP contribution in [0.2, 0.25) is 0 Å². The van der Waals surface area contributed by atoms with Crippen molar-refractivity contribution >= 4 is 22.4 Å². The maximum absolute atomic E-state index is 12.2. The number of amides is 1. The number of nitrogens with one attached hydrogen (secondary N) is 2. The van der Waals surface area contributed by atoms with Crippen molar-refractivity contribution in [1.29, 1.82) is 0 Å². The molecule has 20 heavy (non-hydrogen) atoms. The van der Waals surface area contributed by atoms with E-state index in [2.05, 4.69) is 15.6 Å². The molecule has 0 bridgehead atoms. The van der Waals surface area contributed by atoms with Crippen molar-refractivity contribution in [2.75, 3.05) is 18.4 Å². The Morgan fingerprint density at radius 2 is 2.35 bits per heavy atom. The monoisotopic (exact) mass is 269 g/mol.